The van der Waals surface area contributed by atoms with Crippen molar-refractivity contribution in [2.45, 2.75) is 33.9 Å². The van der Waals surface area contributed by atoms with Crippen LogP contribution in [-0.4, -0.2) is 93.8 Å². The second kappa shape index (κ2) is 19.4. The number of nitrogens with zero attached hydrogens (tertiary/aromatic N) is 6. The zero-order valence-corrected chi connectivity index (χ0v) is 31.4. The highest BCUT2D eigenvalue weighted by Gasteiger charge is 2.28. The first-order valence-corrected chi connectivity index (χ1v) is 17.4. The molecule has 0 atom stereocenters. The maximum absolute atomic E-state index is 12.6. The minimum absolute atomic E-state index is 0.0192. The minimum atomic E-state index is -0.709. The van der Waals surface area contributed by atoms with E-state index in [0.717, 1.165) is 11.1 Å². The number of pyridine rings is 3. The quantitative estimate of drug-likeness (QED) is 0.0985. The van der Waals surface area contributed by atoms with Crippen LogP contribution in [0.3, 0.4) is 0 Å². The zero-order chi connectivity index (χ0) is 40.0. The second-order valence-electron chi connectivity index (χ2n) is 11.6. The monoisotopic (exact) mass is 768 g/mol. The molecule has 5 heterocycles. The molecule has 17 nitrogen and oxygen atoms in total. The molecule has 0 saturated carbocycles. The molecule has 6 aromatic rings. The fourth-order valence-corrected chi connectivity index (χ4v) is 5.51. The van der Waals surface area contributed by atoms with Gasteiger partial charge in [-0.2, -0.15) is 0 Å². The van der Waals surface area contributed by atoms with Crippen molar-refractivity contribution in [2.24, 2.45) is 0 Å². The van der Waals surface area contributed by atoms with E-state index in [1.54, 1.807) is 90.1 Å². The van der Waals surface area contributed by atoms with Crippen molar-refractivity contribution >= 4 is 28.9 Å². The Bertz CT molecular complexity index is 2240. The molecular formula is C39H40N6O11. The van der Waals surface area contributed by atoms with Crippen molar-refractivity contribution in [1.29, 1.82) is 0 Å². The lowest BCUT2D eigenvalue weighted by atomic mass is 10.1. The summed E-state index contributed by atoms with van der Waals surface area (Å²) in [4.78, 5) is 50.5. The van der Waals surface area contributed by atoms with Gasteiger partial charge in [0.1, 0.15) is 22.9 Å². The van der Waals surface area contributed by atoms with Crippen LogP contribution in [0.15, 0.2) is 82.5 Å². The maximum Gasteiger partial charge on any atom is 0.377 e. The number of carbonyl (C=O) groups is 3. The Morgan fingerprint density at radius 2 is 1.38 bits per heavy atom. The minimum Gasteiger partial charge on any atom is -0.502 e. The first-order valence-electron chi connectivity index (χ1n) is 17.4. The molecule has 56 heavy (non-hydrogen) atoms. The van der Waals surface area contributed by atoms with Gasteiger partial charge >= 0.3 is 17.9 Å². The molecule has 1 aromatic carbocycles. The van der Waals surface area contributed by atoms with Crippen LogP contribution in [0.2, 0.25) is 0 Å². The highest BCUT2D eigenvalue weighted by molar-refractivity contribution is 6.00. The lowest BCUT2D eigenvalue weighted by molar-refractivity contribution is -0.144. The summed E-state index contributed by atoms with van der Waals surface area (Å²) in [5.41, 5.74) is 3.68. The number of methoxy groups -OCH3 is 2. The smallest absolute Gasteiger partial charge is 0.377 e. The number of hydrogen-bond donors (Lipinski definition) is 1. The molecule has 0 aliphatic carbocycles. The average Bonchev–Trinajstić information content (AvgIpc) is 3.85. The number of esters is 3. The van der Waals surface area contributed by atoms with Crippen molar-refractivity contribution in [3.63, 3.8) is 0 Å². The first kappa shape index (κ1) is 40.3. The molecule has 0 amide bonds. The summed E-state index contributed by atoms with van der Waals surface area (Å²) in [6.07, 6.45) is 7.91. The standard InChI is InChI=1S/C25H29N3O7.C14H11N3O4/c1-5-33-22(29)16-28(14-18-7-8-19(31-3)13-21(18)32-4)15-20-23(17-9-11-26-12-10-17)27-35-24(20)25(30)34-6-2;1-2-20-14(19)11-12(18)13-9(7-16-11)10(17-21-13)8-3-5-15-6-4-8/h7-13H,5-6,14-16H2,1-4H3;3-7,18H,2H2,1H3. The predicted molar refractivity (Wildman–Crippen MR) is 199 cm³/mol. The van der Waals surface area contributed by atoms with Crippen LogP contribution >= 0.6 is 0 Å². The summed E-state index contributed by atoms with van der Waals surface area (Å²) in [5, 5.41) is 18.7. The largest absolute Gasteiger partial charge is 0.502 e. The number of fused-ring (bicyclic) bond motifs is 1. The lowest BCUT2D eigenvalue weighted by Crippen LogP contribution is -2.31. The summed E-state index contributed by atoms with van der Waals surface area (Å²) in [5.74, 6) is -0.894. The molecule has 6 rings (SSSR count). The molecule has 0 saturated heterocycles. The van der Waals surface area contributed by atoms with Crippen molar-refractivity contribution in [1.82, 2.24) is 30.2 Å². The van der Waals surface area contributed by atoms with Crippen molar-refractivity contribution in [3.8, 4) is 39.8 Å². The highest BCUT2D eigenvalue weighted by atomic mass is 16.6. The van der Waals surface area contributed by atoms with Gasteiger partial charge in [0.25, 0.3) is 0 Å². The Labute approximate surface area is 321 Å². The van der Waals surface area contributed by atoms with E-state index in [0.29, 0.717) is 45.9 Å². The first-order chi connectivity index (χ1) is 27.2. The normalized spacial score (nSPS) is 10.8. The molecule has 0 aliphatic heterocycles. The van der Waals surface area contributed by atoms with Crippen LogP contribution in [0.1, 0.15) is 52.9 Å². The zero-order valence-electron chi connectivity index (χ0n) is 31.4. The molecule has 17 heteroatoms. The van der Waals surface area contributed by atoms with Gasteiger partial charge in [0.15, 0.2) is 11.4 Å². The average molecular weight is 769 g/mol. The van der Waals surface area contributed by atoms with E-state index in [2.05, 4.69) is 25.3 Å². The number of ether oxygens (including phenoxy) is 5. The van der Waals surface area contributed by atoms with Gasteiger partial charge < -0.3 is 37.8 Å². The van der Waals surface area contributed by atoms with Crippen molar-refractivity contribution in [3.05, 3.63) is 96.0 Å². The Hall–Kier alpha value is -6.88. The van der Waals surface area contributed by atoms with Crippen molar-refractivity contribution in [2.75, 3.05) is 40.6 Å². The molecule has 0 spiro atoms. The van der Waals surface area contributed by atoms with E-state index in [1.165, 1.54) is 6.20 Å². The molecular weight excluding hydrogens is 728 g/mol. The molecule has 1 N–H and O–H groups in total. The molecule has 0 unspecified atom stereocenters. The molecule has 0 bridgehead atoms. The molecule has 0 aliphatic rings. The Kier molecular flexibility index (Phi) is 14.0. The van der Waals surface area contributed by atoms with Crippen molar-refractivity contribution < 1.29 is 52.2 Å². The van der Waals surface area contributed by atoms with Crippen LogP contribution in [0.25, 0.3) is 33.5 Å². The third-order valence-electron chi connectivity index (χ3n) is 8.04. The van der Waals surface area contributed by atoms with E-state index in [4.69, 9.17) is 32.7 Å². The Morgan fingerprint density at radius 3 is 2.00 bits per heavy atom. The van der Waals surface area contributed by atoms with Gasteiger partial charge in [0.05, 0.1) is 46.0 Å². The van der Waals surface area contributed by atoms with Gasteiger partial charge in [-0.1, -0.05) is 16.4 Å². The number of hydrogen-bond acceptors (Lipinski definition) is 17. The number of benzene rings is 1. The third kappa shape index (κ3) is 9.61. The molecule has 292 valence electrons. The van der Waals surface area contributed by atoms with Gasteiger partial charge in [-0.15, -0.1) is 0 Å². The SMILES string of the molecule is CCOC(=O)CN(Cc1ccc(OC)cc1OC)Cc1c(-c2ccncc2)noc1C(=O)OCC.CCOC(=O)c1ncc2c(-c3ccncc3)noc2c1O. The van der Waals surface area contributed by atoms with Gasteiger partial charge in [0, 0.05) is 72.4 Å². The van der Waals surface area contributed by atoms with Gasteiger partial charge in [-0.3, -0.25) is 19.7 Å². The fourth-order valence-electron chi connectivity index (χ4n) is 5.51. The number of aromatic hydroxyl groups is 1. The van der Waals surface area contributed by atoms with Crippen LogP contribution in [0.4, 0.5) is 0 Å². The number of carbonyl (C=O) groups excluding carboxylic acids is 3. The Balaban J connectivity index is 0.000000242. The molecule has 0 fully saturated rings. The second-order valence-corrected chi connectivity index (χ2v) is 11.6. The van der Waals surface area contributed by atoms with Gasteiger partial charge in [0.2, 0.25) is 11.3 Å². The van der Waals surface area contributed by atoms with E-state index < -0.39 is 17.9 Å². The number of rotatable bonds is 15. The third-order valence-corrected chi connectivity index (χ3v) is 8.04. The topological polar surface area (TPSA) is 212 Å². The van der Waals surface area contributed by atoms with E-state index >= 15 is 0 Å². The van der Waals surface area contributed by atoms with Gasteiger partial charge in [-0.05, 0) is 51.1 Å². The van der Waals surface area contributed by atoms with Crippen LogP contribution in [0, 0.1) is 0 Å². The van der Waals surface area contributed by atoms with E-state index in [-0.39, 0.29) is 55.7 Å². The highest BCUT2D eigenvalue weighted by Crippen LogP contribution is 2.34. The summed E-state index contributed by atoms with van der Waals surface area (Å²) in [7, 11) is 3.14. The summed E-state index contributed by atoms with van der Waals surface area (Å²) in [6, 6.07) is 12.5. The van der Waals surface area contributed by atoms with Gasteiger partial charge in [-0.25, -0.2) is 14.6 Å². The summed E-state index contributed by atoms with van der Waals surface area (Å²) < 4.78 is 36.5. The van der Waals surface area contributed by atoms with E-state index in [1.807, 2.05) is 17.0 Å². The fraction of sp³-hybridized carbons (Fsp3) is 0.282. The molecule has 0 radical (unpaired) electrons. The van der Waals surface area contributed by atoms with Crippen LogP contribution in [0.5, 0.6) is 17.2 Å². The predicted octanol–water partition coefficient (Wildman–Crippen LogP) is 5.66. The molecule has 5 aromatic heterocycles. The maximum atomic E-state index is 12.6. The lowest BCUT2D eigenvalue weighted by Gasteiger charge is -2.23. The van der Waals surface area contributed by atoms with Crippen LogP contribution < -0.4 is 9.47 Å². The van der Waals surface area contributed by atoms with Crippen LogP contribution in [-0.2, 0) is 32.1 Å². The summed E-state index contributed by atoms with van der Waals surface area (Å²) >= 11 is 0. The summed E-state index contributed by atoms with van der Waals surface area (Å²) in [6.45, 7) is 6.18. The number of aromatic nitrogens is 5. The Morgan fingerprint density at radius 1 is 0.750 bits per heavy atom. The van der Waals surface area contributed by atoms with E-state index in [9.17, 15) is 19.5 Å².